The monoisotopic (exact) mass is 341 g/mol. The molecule has 2 heterocycles. The zero-order valence-electron chi connectivity index (χ0n) is 15.0. The molecule has 0 aliphatic carbocycles. The Morgan fingerprint density at radius 1 is 1.36 bits per heavy atom. The number of carbonyl (C=O) groups is 1. The van der Waals surface area contributed by atoms with Gasteiger partial charge in [0.05, 0.1) is 0 Å². The molecule has 5 heteroatoms. The Hall–Kier alpha value is -2.27. The number of hydrogen-bond acceptors (Lipinski definition) is 3. The van der Waals surface area contributed by atoms with E-state index in [1.807, 2.05) is 0 Å². The van der Waals surface area contributed by atoms with Crippen LogP contribution in [0.5, 0.6) is 5.75 Å². The second-order valence-electron chi connectivity index (χ2n) is 7.21. The Morgan fingerprint density at radius 3 is 2.92 bits per heavy atom. The second kappa shape index (κ2) is 7.74. The standard InChI is InChI=1S/C20H27N3O2/c1-15(2)23-9-7-17(14-23)13-22-8-6-16(12-22)11-21-20(25)18-4-3-5-19(24)10-18/h3-5,7,9-10,14-16,24H,6,8,11-13H2,1-2H3,(H,21,25)/t16-/m1/s1. The lowest BCUT2D eigenvalue weighted by molar-refractivity contribution is 0.0947. The highest BCUT2D eigenvalue weighted by Gasteiger charge is 2.23. The number of rotatable bonds is 6. The molecular weight excluding hydrogens is 314 g/mol. The van der Waals surface area contributed by atoms with Gasteiger partial charge in [-0.3, -0.25) is 9.69 Å². The number of benzene rings is 1. The average molecular weight is 341 g/mol. The van der Waals surface area contributed by atoms with Gasteiger partial charge in [-0.05, 0) is 62.6 Å². The third-order valence-electron chi connectivity index (χ3n) is 4.81. The van der Waals surface area contributed by atoms with Crippen LogP contribution >= 0.6 is 0 Å². The summed E-state index contributed by atoms with van der Waals surface area (Å²) in [6, 6.07) is 9.15. The SMILES string of the molecule is CC(C)n1ccc(CN2CC[C@H](CNC(=O)c3cccc(O)c3)C2)c1. The number of nitrogens with one attached hydrogen (secondary N) is 1. The molecule has 0 spiro atoms. The number of hydrogen-bond donors (Lipinski definition) is 2. The van der Waals surface area contributed by atoms with Crippen molar-refractivity contribution in [3.8, 4) is 5.75 Å². The molecule has 1 saturated heterocycles. The highest BCUT2D eigenvalue weighted by Crippen LogP contribution is 2.19. The number of phenols is 1. The average Bonchev–Trinajstić information content (AvgIpc) is 3.22. The van der Waals surface area contributed by atoms with Crippen LogP contribution in [0.2, 0.25) is 0 Å². The van der Waals surface area contributed by atoms with Gasteiger partial charge in [0.1, 0.15) is 5.75 Å². The Labute approximate surface area is 149 Å². The van der Waals surface area contributed by atoms with E-state index in [-0.39, 0.29) is 11.7 Å². The zero-order chi connectivity index (χ0) is 17.8. The van der Waals surface area contributed by atoms with Crippen LogP contribution in [-0.4, -0.2) is 40.1 Å². The Balaban J connectivity index is 1.45. The summed E-state index contributed by atoms with van der Waals surface area (Å²) in [6.07, 6.45) is 5.47. The normalized spacial score (nSPS) is 18.0. The first kappa shape index (κ1) is 17.5. The van der Waals surface area contributed by atoms with Gasteiger partial charge in [-0.2, -0.15) is 0 Å². The molecule has 1 aromatic heterocycles. The molecule has 0 bridgehead atoms. The number of aromatic nitrogens is 1. The molecular formula is C20H27N3O2. The van der Waals surface area contributed by atoms with Crippen LogP contribution in [0, 0.1) is 5.92 Å². The maximum atomic E-state index is 12.2. The molecule has 134 valence electrons. The molecule has 0 radical (unpaired) electrons. The molecule has 1 fully saturated rings. The third kappa shape index (κ3) is 4.63. The summed E-state index contributed by atoms with van der Waals surface area (Å²) in [5, 5.41) is 12.5. The van der Waals surface area contributed by atoms with Crippen LogP contribution < -0.4 is 5.32 Å². The third-order valence-corrected chi connectivity index (χ3v) is 4.81. The Morgan fingerprint density at radius 2 is 2.20 bits per heavy atom. The summed E-state index contributed by atoms with van der Waals surface area (Å²) < 4.78 is 2.23. The minimum absolute atomic E-state index is 0.119. The number of phenolic OH excluding ortho intramolecular Hbond substituents is 1. The largest absolute Gasteiger partial charge is 0.508 e. The van der Waals surface area contributed by atoms with Gasteiger partial charge in [0, 0.05) is 43.6 Å². The van der Waals surface area contributed by atoms with Gasteiger partial charge in [-0.15, -0.1) is 0 Å². The van der Waals surface area contributed by atoms with E-state index in [1.165, 1.54) is 11.6 Å². The Kier molecular flexibility index (Phi) is 5.43. The molecule has 0 unspecified atom stereocenters. The molecule has 1 aromatic carbocycles. The van der Waals surface area contributed by atoms with Crippen molar-refractivity contribution in [1.29, 1.82) is 0 Å². The molecule has 2 N–H and O–H groups in total. The predicted octanol–water partition coefficient (Wildman–Crippen LogP) is 3.03. The summed E-state index contributed by atoms with van der Waals surface area (Å²) in [5.74, 6) is 0.477. The van der Waals surface area contributed by atoms with Gasteiger partial charge in [-0.1, -0.05) is 6.07 Å². The lowest BCUT2D eigenvalue weighted by atomic mass is 10.1. The summed E-state index contributed by atoms with van der Waals surface area (Å²) in [5.41, 5.74) is 1.85. The lowest BCUT2D eigenvalue weighted by Gasteiger charge is -2.16. The Bertz CT molecular complexity index is 723. The van der Waals surface area contributed by atoms with Crippen molar-refractivity contribution in [2.24, 2.45) is 5.92 Å². The fraction of sp³-hybridized carbons (Fsp3) is 0.450. The molecule has 3 rings (SSSR count). The first-order chi connectivity index (χ1) is 12.0. The van der Waals surface area contributed by atoms with Gasteiger partial charge in [-0.25, -0.2) is 0 Å². The van der Waals surface area contributed by atoms with Crippen LogP contribution in [0.3, 0.4) is 0 Å². The van der Waals surface area contributed by atoms with Crippen molar-refractivity contribution in [2.45, 2.75) is 32.9 Å². The predicted molar refractivity (Wildman–Crippen MR) is 98.6 cm³/mol. The van der Waals surface area contributed by atoms with Crippen molar-refractivity contribution in [1.82, 2.24) is 14.8 Å². The van der Waals surface area contributed by atoms with Crippen molar-refractivity contribution in [2.75, 3.05) is 19.6 Å². The van der Waals surface area contributed by atoms with Crippen LogP contribution in [0.25, 0.3) is 0 Å². The summed E-state index contributed by atoms with van der Waals surface area (Å²) in [6.45, 7) is 8.09. The van der Waals surface area contributed by atoms with Crippen LogP contribution in [0.4, 0.5) is 0 Å². The molecule has 1 atom stereocenters. The lowest BCUT2D eigenvalue weighted by Crippen LogP contribution is -2.30. The number of likely N-dealkylation sites (tertiary alicyclic amines) is 1. The maximum Gasteiger partial charge on any atom is 0.251 e. The van der Waals surface area contributed by atoms with E-state index in [2.05, 4.69) is 47.1 Å². The molecule has 2 aromatic rings. The minimum Gasteiger partial charge on any atom is -0.508 e. The van der Waals surface area contributed by atoms with Gasteiger partial charge < -0.3 is 15.0 Å². The van der Waals surface area contributed by atoms with E-state index < -0.39 is 0 Å². The number of aromatic hydroxyl groups is 1. The van der Waals surface area contributed by atoms with Gasteiger partial charge in [0.25, 0.3) is 5.91 Å². The van der Waals surface area contributed by atoms with Gasteiger partial charge in [0.2, 0.25) is 0 Å². The second-order valence-corrected chi connectivity index (χ2v) is 7.21. The smallest absolute Gasteiger partial charge is 0.251 e. The van der Waals surface area contributed by atoms with E-state index in [0.717, 1.165) is 26.1 Å². The molecule has 0 saturated carbocycles. The molecule has 5 nitrogen and oxygen atoms in total. The van der Waals surface area contributed by atoms with Crippen molar-refractivity contribution in [3.05, 3.63) is 53.9 Å². The fourth-order valence-electron chi connectivity index (χ4n) is 3.34. The van der Waals surface area contributed by atoms with E-state index >= 15 is 0 Å². The fourth-order valence-corrected chi connectivity index (χ4v) is 3.34. The molecule has 1 aliphatic rings. The minimum atomic E-state index is -0.122. The molecule has 25 heavy (non-hydrogen) atoms. The molecule has 1 aliphatic heterocycles. The topological polar surface area (TPSA) is 57.5 Å². The highest BCUT2D eigenvalue weighted by molar-refractivity contribution is 5.94. The summed E-state index contributed by atoms with van der Waals surface area (Å²) in [7, 11) is 0. The van der Waals surface area contributed by atoms with E-state index in [9.17, 15) is 9.90 Å². The van der Waals surface area contributed by atoms with Crippen LogP contribution in [-0.2, 0) is 6.54 Å². The quantitative estimate of drug-likeness (QED) is 0.849. The maximum absolute atomic E-state index is 12.2. The molecule has 1 amide bonds. The highest BCUT2D eigenvalue weighted by atomic mass is 16.3. The number of amides is 1. The van der Waals surface area contributed by atoms with Crippen molar-refractivity contribution in [3.63, 3.8) is 0 Å². The van der Waals surface area contributed by atoms with Crippen molar-refractivity contribution >= 4 is 5.91 Å². The van der Waals surface area contributed by atoms with Crippen molar-refractivity contribution < 1.29 is 9.90 Å². The van der Waals surface area contributed by atoms with Crippen LogP contribution in [0.1, 0.15) is 42.2 Å². The van der Waals surface area contributed by atoms with Crippen LogP contribution in [0.15, 0.2) is 42.7 Å². The number of carbonyl (C=O) groups excluding carboxylic acids is 1. The van der Waals surface area contributed by atoms with Gasteiger partial charge >= 0.3 is 0 Å². The first-order valence-electron chi connectivity index (χ1n) is 8.97. The van der Waals surface area contributed by atoms with E-state index in [1.54, 1.807) is 18.2 Å². The summed E-state index contributed by atoms with van der Waals surface area (Å²) >= 11 is 0. The van der Waals surface area contributed by atoms with E-state index in [4.69, 9.17) is 0 Å². The summed E-state index contributed by atoms with van der Waals surface area (Å²) in [4.78, 5) is 14.6. The first-order valence-corrected chi connectivity index (χ1v) is 8.97. The van der Waals surface area contributed by atoms with E-state index in [0.29, 0.717) is 24.1 Å². The number of nitrogens with zero attached hydrogens (tertiary/aromatic N) is 2. The zero-order valence-corrected chi connectivity index (χ0v) is 15.0. The van der Waals surface area contributed by atoms with Gasteiger partial charge in [0.15, 0.2) is 0 Å².